The van der Waals surface area contributed by atoms with E-state index in [2.05, 4.69) is 91.1 Å². The van der Waals surface area contributed by atoms with Crippen molar-refractivity contribution in [3.63, 3.8) is 0 Å². The number of pyridine rings is 1. The van der Waals surface area contributed by atoms with E-state index in [1.165, 1.54) is 47.9 Å². The number of anilines is 2. The van der Waals surface area contributed by atoms with Crippen molar-refractivity contribution in [1.82, 2.24) is 10.3 Å². The number of nitrogens with zero attached hydrogens (tertiary/aromatic N) is 2. The molecule has 0 radical (unpaired) electrons. The van der Waals surface area contributed by atoms with E-state index in [0.29, 0.717) is 6.04 Å². The van der Waals surface area contributed by atoms with Crippen LogP contribution in [0.2, 0.25) is 0 Å². The van der Waals surface area contributed by atoms with Crippen molar-refractivity contribution in [2.24, 2.45) is 5.92 Å². The van der Waals surface area contributed by atoms with Crippen LogP contribution in [0.15, 0.2) is 54.6 Å². The Morgan fingerprint density at radius 3 is 2.43 bits per heavy atom. The molecule has 1 heterocycles. The molecule has 30 heavy (non-hydrogen) atoms. The molecule has 0 bridgehead atoms. The fraction of sp³-hybridized carbons (Fsp3) is 0.423. The van der Waals surface area contributed by atoms with Gasteiger partial charge in [0.2, 0.25) is 0 Å². The van der Waals surface area contributed by atoms with Crippen LogP contribution in [0.1, 0.15) is 36.8 Å². The Morgan fingerprint density at radius 1 is 0.967 bits per heavy atom. The number of aromatic nitrogens is 1. The van der Waals surface area contributed by atoms with Gasteiger partial charge in [-0.2, -0.15) is 0 Å². The summed E-state index contributed by atoms with van der Waals surface area (Å²) in [4.78, 5) is 7.04. The van der Waals surface area contributed by atoms with E-state index in [-0.39, 0.29) is 0 Å². The van der Waals surface area contributed by atoms with Gasteiger partial charge in [0.15, 0.2) is 0 Å². The molecule has 0 spiro atoms. The van der Waals surface area contributed by atoms with Crippen LogP contribution in [-0.2, 0) is 6.54 Å². The summed E-state index contributed by atoms with van der Waals surface area (Å²) in [5.74, 6) is 1.77. The molecule has 1 saturated carbocycles. The average Bonchev–Trinajstić information content (AvgIpc) is 2.76. The van der Waals surface area contributed by atoms with Gasteiger partial charge >= 0.3 is 0 Å². The molecule has 4 nitrogen and oxygen atoms in total. The fourth-order valence-electron chi connectivity index (χ4n) is 4.45. The second-order valence-electron chi connectivity index (χ2n) is 8.92. The molecule has 0 aliphatic heterocycles. The van der Waals surface area contributed by atoms with Crippen molar-refractivity contribution >= 4 is 22.4 Å². The number of fused-ring (bicyclic) bond motifs is 1. The van der Waals surface area contributed by atoms with Crippen LogP contribution in [0.3, 0.4) is 0 Å². The SMILES string of the molecule is Cc1ccc(CNC[C@H]2CC[C@@H](Nc3cc(N(C)C)c4ccccc4n3)CC2)cc1. The first-order valence-electron chi connectivity index (χ1n) is 11.2. The van der Waals surface area contributed by atoms with Crippen molar-refractivity contribution in [2.75, 3.05) is 30.9 Å². The minimum atomic E-state index is 0.516. The molecular weight excluding hydrogens is 368 g/mol. The topological polar surface area (TPSA) is 40.2 Å². The third kappa shape index (κ3) is 5.11. The minimum absolute atomic E-state index is 0.516. The van der Waals surface area contributed by atoms with Crippen molar-refractivity contribution in [2.45, 2.75) is 45.2 Å². The maximum absolute atomic E-state index is 4.87. The molecule has 158 valence electrons. The molecule has 1 aliphatic rings. The Hall–Kier alpha value is -2.59. The Labute approximate surface area is 180 Å². The number of aryl methyl sites for hydroxylation is 1. The highest BCUT2D eigenvalue weighted by atomic mass is 15.1. The standard InChI is InChI=1S/C26H34N4/c1-19-8-10-20(11-9-19)17-27-18-21-12-14-22(15-13-21)28-26-16-25(30(2)3)23-6-4-5-7-24(23)29-26/h4-11,16,21-22,27H,12-15,17-18H2,1-3H3,(H,28,29)/t21-,22+. The summed E-state index contributed by atoms with van der Waals surface area (Å²) in [7, 11) is 4.20. The average molecular weight is 403 g/mol. The van der Waals surface area contributed by atoms with Gasteiger partial charge in [0.1, 0.15) is 5.82 Å². The molecule has 2 N–H and O–H groups in total. The summed E-state index contributed by atoms with van der Waals surface area (Å²) >= 11 is 0. The van der Waals surface area contributed by atoms with E-state index >= 15 is 0 Å². The van der Waals surface area contributed by atoms with Crippen LogP contribution in [-0.4, -0.2) is 31.7 Å². The lowest BCUT2D eigenvalue weighted by Crippen LogP contribution is -2.31. The van der Waals surface area contributed by atoms with Crippen molar-refractivity contribution in [3.05, 3.63) is 65.7 Å². The van der Waals surface area contributed by atoms with Gasteiger partial charge in [0.25, 0.3) is 0 Å². The van der Waals surface area contributed by atoms with E-state index in [1.54, 1.807) is 0 Å². The van der Waals surface area contributed by atoms with Crippen molar-refractivity contribution in [1.29, 1.82) is 0 Å². The highest BCUT2D eigenvalue weighted by Gasteiger charge is 2.21. The van der Waals surface area contributed by atoms with E-state index in [0.717, 1.165) is 30.3 Å². The lowest BCUT2D eigenvalue weighted by atomic mass is 9.86. The van der Waals surface area contributed by atoms with E-state index in [1.807, 2.05) is 0 Å². The molecular formula is C26H34N4. The van der Waals surface area contributed by atoms with Crippen molar-refractivity contribution < 1.29 is 0 Å². The summed E-state index contributed by atoms with van der Waals surface area (Å²) in [6, 6.07) is 19.9. The number of benzene rings is 2. The third-order valence-electron chi connectivity index (χ3n) is 6.26. The molecule has 0 amide bonds. The summed E-state index contributed by atoms with van der Waals surface area (Å²) in [5, 5.41) is 8.58. The number of para-hydroxylation sites is 1. The Balaban J connectivity index is 1.29. The quantitative estimate of drug-likeness (QED) is 0.557. The molecule has 0 unspecified atom stereocenters. The Morgan fingerprint density at radius 2 is 1.70 bits per heavy atom. The summed E-state index contributed by atoms with van der Waals surface area (Å²) in [5.41, 5.74) is 4.97. The molecule has 1 aromatic heterocycles. The normalized spacial score (nSPS) is 19.0. The zero-order valence-corrected chi connectivity index (χ0v) is 18.5. The van der Waals surface area contributed by atoms with Gasteiger partial charge in [0, 0.05) is 43.8 Å². The highest BCUT2D eigenvalue weighted by molar-refractivity contribution is 5.93. The number of hydrogen-bond donors (Lipinski definition) is 2. The first-order chi connectivity index (χ1) is 14.6. The second-order valence-corrected chi connectivity index (χ2v) is 8.92. The first kappa shape index (κ1) is 20.7. The Kier molecular flexibility index (Phi) is 6.53. The molecule has 4 rings (SSSR count). The second kappa shape index (κ2) is 9.48. The van der Waals surface area contributed by atoms with Gasteiger partial charge < -0.3 is 15.5 Å². The summed E-state index contributed by atoms with van der Waals surface area (Å²) in [6.45, 7) is 4.21. The smallest absolute Gasteiger partial charge is 0.128 e. The lowest BCUT2D eigenvalue weighted by molar-refractivity contribution is 0.324. The van der Waals surface area contributed by atoms with Crippen LogP contribution in [0.4, 0.5) is 11.5 Å². The molecule has 3 aromatic rings. The zero-order valence-electron chi connectivity index (χ0n) is 18.5. The van der Waals surface area contributed by atoms with Gasteiger partial charge in [-0.1, -0.05) is 48.0 Å². The third-order valence-corrected chi connectivity index (χ3v) is 6.26. The van der Waals surface area contributed by atoms with Crippen molar-refractivity contribution in [3.8, 4) is 0 Å². The maximum Gasteiger partial charge on any atom is 0.128 e. The van der Waals surface area contributed by atoms with Crippen LogP contribution in [0.25, 0.3) is 10.9 Å². The minimum Gasteiger partial charge on any atom is -0.377 e. The molecule has 0 atom stereocenters. The van der Waals surface area contributed by atoms with Gasteiger partial charge in [-0.3, -0.25) is 0 Å². The maximum atomic E-state index is 4.87. The number of hydrogen-bond acceptors (Lipinski definition) is 4. The number of nitrogens with one attached hydrogen (secondary N) is 2. The largest absolute Gasteiger partial charge is 0.377 e. The van der Waals surface area contributed by atoms with Crippen LogP contribution in [0, 0.1) is 12.8 Å². The monoisotopic (exact) mass is 402 g/mol. The lowest BCUT2D eigenvalue weighted by Gasteiger charge is -2.30. The summed E-state index contributed by atoms with van der Waals surface area (Å²) < 4.78 is 0. The zero-order chi connectivity index (χ0) is 20.9. The van der Waals surface area contributed by atoms with E-state index in [4.69, 9.17) is 4.98 Å². The van der Waals surface area contributed by atoms with E-state index in [9.17, 15) is 0 Å². The van der Waals surface area contributed by atoms with Gasteiger partial charge in [0.05, 0.1) is 5.52 Å². The van der Waals surface area contributed by atoms with Gasteiger partial charge in [-0.15, -0.1) is 0 Å². The Bertz CT molecular complexity index is 956. The predicted molar refractivity (Wildman–Crippen MR) is 128 cm³/mol. The van der Waals surface area contributed by atoms with Crippen LogP contribution >= 0.6 is 0 Å². The van der Waals surface area contributed by atoms with Crippen LogP contribution < -0.4 is 15.5 Å². The van der Waals surface area contributed by atoms with Crippen LogP contribution in [0.5, 0.6) is 0 Å². The molecule has 4 heteroatoms. The summed E-state index contributed by atoms with van der Waals surface area (Å²) in [6.07, 6.45) is 4.96. The fourth-order valence-corrected chi connectivity index (χ4v) is 4.45. The molecule has 1 fully saturated rings. The van der Waals surface area contributed by atoms with Gasteiger partial charge in [-0.05, 0) is 56.7 Å². The molecule has 0 saturated heterocycles. The first-order valence-corrected chi connectivity index (χ1v) is 11.2. The molecule has 1 aliphatic carbocycles. The van der Waals surface area contributed by atoms with E-state index < -0.39 is 0 Å². The predicted octanol–water partition coefficient (Wildman–Crippen LogP) is 5.37. The molecule has 2 aromatic carbocycles. The van der Waals surface area contributed by atoms with Gasteiger partial charge in [-0.25, -0.2) is 4.98 Å². The highest BCUT2D eigenvalue weighted by Crippen LogP contribution is 2.30. The number of rotatable bonds is 7.